The van der Waals surface area contributed by atoms with Crippen molar-refractivity contribution in [3.63, 3.8) is 0 Å². The third-order valence-electron chi connectivity index (χ3n) is 4.16. The highest BCUT2D eigenvalue weighted by molar-refractivity contribution is 6.30. The first-order chi connectivity index (χ1) is 13.0. The Hall–Kier alpha value is -2.92. The number of rotatable bonds is 6. The topological polar surface area (TPSA) is 66.9 Å². The molecule has 6 heteroatoms. The van der Waals surface area contributed by atoms with Gasteiger partial charge >= 0.3 is 0 Å². The van der Waals surface area contributed by atoms with Crippen LogP contribution in [0.1, 0.15) is 33.0 Å². The number of hydrogen-bond acceptors (Lipinski definition) is 4. The van der Waals surface area contributed by atoms with Crippen molar-refractivity contribution in [3.05, 3.63) is 87.8 Å². The van der Waals surface area contributed by atoms with Gasteiger partial charge in [0.05, 0.1) is 0 Å². The van der Waals surface area contributed by atoms with E-state index in [1.54, 1.807) is 25.1 Å². The Bertz CT molecular complexity index is 941. The first-order valence-electron chi connectivity index (χ1n) is 8.68. The van der Waals surface area contributed by atoms with Crippen molar-refractivity contribution in [1.29, 1.82) is 0 Å². The van der Waals surface area contributed by atoms with Crippen molar-refractivity contribution in [3.8, 4) is 0 Å². The number of nitrogens with one attached hydrogen (secondary N) is 2. The molecule has 0 atom stereocenters. The van der Waals surface area contributed by atoms with E-state index in [-0.39, 0.29) is 5.91 Å². The maximum absolute atomic E-state index is 12.5. The van der Waals surface area contributed by atoms with Gasteiger partial charge in [-0.2, -0.15) is 0 Å². The molecule has 0 unspecified atom stereocenters. The van der Waals surface area contributed by atoms with Gasteiger partial charge in [-0.05, 0) is 42.7 Å². The second kappa shape index (κ2) is 8.64. The molecular weight excluding hydrogens is 360 g/mol. The van der Waals surface area contributed by atoms with Crippen LogP contribution in [0.2, 0.25) is 5.02 Å². The summed E-state index contributed by atoms with van der Waals surface area (Å²) >= 11 is 5.88. The average molecular weight is 381 g/mol. The number of carbonyl (C=O) groups is 1. The van der Waals surface area contributed by atoms with E-state index < -0.39 is 0 Å². The molecule has 138 valence electrons. The van der Waals surface area contributed by atoms with Crippen LogP contribution in [0.4, 0.5) is 5.82 Å². The molecule has 1 amide bonds. The van der Waals surface area contributed by atoms with Crippen molar-refractivity contribution in [2.75, 3.05) is 5.32 Å². The normalized spacial score (nSPS) is 10.5. The van der Waals surface area contributed by atoms with Crippen LogP contribution >= 0.6 is 11.6 Å². The Morgan fingerprint density at radius 2 is 1.74 bits per heavy atom. The lowest BCUT2D eigenvalue weighted by Gasteiger charge is -2.10. The minimum Gasteiger partial charge on any atom is -0.366 e. The largest absolute Gasteiger partial charge is 0.366 e. The molecule has 1 aromatic heterocycles. The molecule has 0 saturated heterocycles. The third-order valence-corrected chi connectivity index (χ3v) is 4.41. The summed E-state index contributed by atoms with van der Waals surface area (Å²) in [4.78, 5) is 21.1. The predicted octanol–water partition coefficient (Wildman–Crippen LogP) is 4.29. The van der Waals surface area contributed by atoms with E-state index in [1.165, 1.54) is 11.1 Å². The highest BCUT2D eigenvalue weighted by Crippen LogP contribution is 2.13. The molecule has 27 heavy (non-hydrogen) atoms. The Kier molecular flexibility index (Phi) is 6.04. The summed E-state index contributed by atoms with van der Waals surface area (Å²) in [5.74, 6) is 0.929. The summed E-state index contributed by atoms with van der Waals surface area (Å²) < 4.78 is 0. The number of halogens is 1. The van der Waals surface area contributed by atoms with E-state index in [4.69, 9.17) is 11.6 Å². The molecule has 0 bridgehead atoms. The summed E-state index contributed by atoms with van der Waals surface area (Å²) in [5.41, 5.74) is 3.69. The highest BCUT2D eigenvalue weighted by atomic mass is 35.5. The van der Waals surface area contributed by atoms with Crippen LogP contribution in [0.15, 0.2) is 54.6 Å². The Morgan fingerprint density at radius 3 is 2.48 bits per heavy atom. The Labute approximate surface area is 163 Å². The van der Waals surface area contributed by atoms with Gasteiger partial charge in [0.2, 0.25) is 0 Å². The molecular formula is C21H21ClN4O. The highest BCUT2D eigenvalue weighted by Gasteiger charge is 2.10. The first kappa shape index (κ1) is 18.9. The van der Waals surface area contributed by atoms with Crippen LogP contribution < -0.4 is 10.6 Å². The SMILES string of the molecule is Cc1nc(NCc2ccccc2C)cc(C(=O)NCc2ccc(Cl)cc2)n1. The maximum atomic E-state index is 12.5. The van der Waals surface area contributed by atoms with Gasteiger partial charge in [0.25, 0.3) is 5.91 Å². The monoisotopic (exact) mass is 380 g/mol. The number of anilines is 1. The second-order valence-corrected chi connectivity index (χ2v) is 6.71. The zero-order chi connectivity index (χ0) is 19.2. The van der Waals surface area contributed by atoms with Crippen molar-refractivity contribution in [2.24, 2.45) is 0 Å². The fraction of sp³-hybridized carbons (Fsp3) is 0.190. The molecule has 3 aromatic rings. The molecule has 1 heterocycles. The molecule has 3 rings (SSSR count). The molecule has 0 aliphatic heterocycles. The van der Waals surface area contributed by atoms with E-state index in [2.05, 4.69) is 39.7 Å². The van der Waals surface area contributed by atoms with Gasteiger partial charge in [-0.1, -0.05) is 48.0 Å². The molecule has 0 aliphatic rings. The molecule has 0 fully saturated rings. The van der Waals surface area contributed by atoms with Gasteiger partial charge in [0.15, 0.2) is 0 Å². The van der Waals surface area contributed by atoms with Crippen molar-refractivity contribution < 1.29 is 4.79 Å². The number of carbonyl (C=O) groups excluding carboxylic acids is 1. The fourth-order valence-corrected chi connectivity index (χ4v) is 2.77. The number of aromatic nitrogens is 2. The van der Waals surface area contributed by atoms with Crippen LogP contribution in [0, 0.1) is 13.8 Å². The number of aryl methyl sites for hydroxylation is 2. The fourth-order valence-electron chi connectivity index (χ4n) is 2.64. The summed E-state index contributed by atoms with van der Waals surface area (Å²) in [7, 11) is 0. The van der Waals surface area contributed by atoms with E-state index >= 15 is 0 Å². The lowest BCUT2D eigenvalue weighted by molar-refractivity contribution is 0.0945. The zero-order valence-electron chi connectivity index (χ0n) is 15.3. The van der Waals surface area contributed by atoms with Gasteiger partial charge in [0.1, 0.15) is 17.3 Å². The van der Waals surface area contributed by atoms with E-state index in [0.29, 0.717) is 35.4 Å². The minimum absolute atomic E-state index is 0.241. The minimum atomic E-state index is -0.241. The molecule has 0 aliphatic carbocycles. The van der Waals surface area contributed by atoms with Crippen LogP contribution in [0.5, 0.6) is 0 Å². The molecule has 2 N–H and O–H groups in total. The zero-order valence-corrected chi connectivity index (χ0v) is 16.0. The van der Waals surface area contributed by atoms with Crippen LogP contribution in [-0.4, -0.2) is 15.9 Å². The lowest BCUT2D eigenvalue weighted by Crippen LogP contribution is -2.24. The van der Waals surface area contributed by atoms with Crippen LogP contribution in [-0.2, 0) is 13.1 Å². The van der Waals surface area contributed by atoms with Gasteiger partial charge in [-0.25, -0.2) is 9.97 Å². The first-order valence-corrected chi connectivity index (χ1v) is 9.06. The molecule has 0 spiro atoms. The maximum Gasteiger partial charge on any atom is 0.270 e. The summed E-state index contributed by atoms with van der Waals surface area (Å²) in [6, 6.07) is 17.2. The standard InChI is InChI=1S/C21H21ClN4O/c1-14-5-3-4-6-17(14)13-23-20-11-19(25-15(2)26-20)21(27)24-12-16-7-9-18(22)10-8-16/h3-11H,12-13H2,1-2H3,(H,24,27)(H,23,25,26). The number of amides is 1. The number of hydrogen-bond donors (Lipinski definition) is 2. The molecule has 0 saturated carbocycles. The lowest BCUT2D eigenvalue weighted by atomic mass is 10.1. The average Bonchev–Trinajstić information content (AvgIpc) is 2.66. The molecule has 5 nitrogen and oxygen atoms in total. The van der Waals surface area contributed by atoms with Gasteiger partial charge in [-0.3, -0.25) is 4.79 Å². The Balaban J connectivity index is 1.66. The van der Waals surface area contributed by atoms with Crippen molar-refractivity contribution >= 4 is 23.3 Å². The second-order valence-electron chi connectivity index (χ2n) is 6.27. The van der Waals surface area contributed by atoms with Crippen LogP contribution in [0.25, 0.3) is 0 Å². The van der Waals surface area contributed by atoms with Crippen molar-refractivity contribution in [2.45, 2.75) is 26.9 Å². The van der Waals surface area contributed by atoms with Gasteiger partial charge < -0.3 is 10.6 Å². The predicted molar refractivity (Wildman–Crippen MR) is 108 cm³/mol. The quantitative estimate of drug-likeness (QED) is 0.669. The van der Waals surface area contributed by atoms with E-state index in [1.807, 2.05) is 24.3 Å². The Morgan fingerprint density at radius 1 is 1.00 bits per heavy atom. The van der Waals surface area contributed by atoms with Gasteiger partial charge in [-0.15, -0.1) is 0 Å². The van der Waals surface area contributed by atoms with E-state index in [9.17, 15) is 4.79 Å². The molecule has 0 radical (unpaired) electrons. The van der Waals surface area contributed by atoms with E-state index in [0.717, 1.165) is 5.56 Å². The molecule has 2 aromatic carbocycles. The smallest absolute Gasteiger partial charge is 0.270 e. The summed E-state index contributed by atoms with van der Waals surface area (Å²) in [6.45, 7) is 4.88. The summed E-state index contributed by atoms with van der Waals surface area (Å²) in [6.07, 6.45) is 0. The van der Waals surface area contributed by atoms with Crippen molar-refractivity contribution in [1.82, 2.24) is 15.3 Å². The third kappa shape index (κ3) is 5.28. The van der Waals surface area contributed by atoms with Gasteiger partial charge in [0, 0.05) is 24.2 Å². The van der Waals surface area contributed by atoms with Crippen LogP contribution in [0.3, 0.4) is 0 Å². The number of benzene rings is 2. The number of nitrogens with zero attached hydrogens (tertiary/aromatic N) is 2. The summed E-state index contributed by atoms with van der Waals surface area (Å²) in [5, 5.41) is 6.81.